The van der Waals surface area contributed by atoms with Gasteiger partial charge in [-0.25, -0.2) is 13.1 Å². The van der Waals surface area contributed by atoms with Gasteiger partial charge in [0.15, 0.2) is 5.69 Å². The number of nitrogens with one attached hydrogen (secondary N) is 2. The van der Waals surface area contributed by atoms with Gasteiger partial charge in [0.2, 0.25) is 15.9 Å². The van der Waals surface area contributed by atoms with Crippen LogP contribution < -0.4 is 14.8 Å². The lowest BCUT2D eigenvalue weighted by molar-refractivity contribution is -0.385. The third kappa shape index (κ3) is 5.78. The van der Waals surface area contributed by atoms with E-state index in [-0.39, 0.29) is 34.8 Å². The Balaban J connectivity index is 1.55. The number of para-hydroxylation sites is 1. The van der Waals surface area contributed by atoms with Crippen LogP contribution in [-0.4, -0.2) is 40.1 Å². The maximum absolute atomic E-state index is 13.1. The summed E-state index contributed by atoms with van der Waals surface area (Å²) in [5, 5.41) is 18.7. The van der Waals surface area contributed by atoms with Crippen molar-refractivity contribution in [3.05, 3.63) is 100.0 Å². The summed E-state index contributed by atoms with van der Waals surface area (Å²) in [7, 11) is -4.14. The summed E-state index contributed by atoms with van der Waals surface area (Å²) < 4.78 is 36.3. The number of ether oxygens (including phenoxy) is 1. The molecule has 0 bridgehead atoms. The molecule has 4 aromatic rings. The van der Waals surface area contributed by atoms with Gasteiger partial charge in [-0.1, -0.05) is 24.3 Å². The number of benzene rings is 2. The molecule has 200 valence electrons. The molecular weight excluding hydrogens is 524 g/mol. The summed E-state index contributed by atoms with van der Waals surface area (Å²) in [6.45, 7) is 1.85. The predicted octanol–water partition coefficient (Wildman–Crippen LogP) is 3.65. The molecule has 0 spiro atoms. The molecule has 0 unspecified atom stereocenters. The number of amides is 1. The molecule has 5 rings (SSSR count). The normalized spacial score (nSPS) is 13.2. The second-order valence-electron chi connectivity index (χ2n) is 8.96. The number of aromatic nitrogens is 3. The summed E-state index contributed by atoms with van der Waals surface area (Å²) in [6.07, 6.45) is 4.63. The molecule has 2 aromatic carbocycles. The Hall–Kier alpha value is -4.62. The third-order valence-corrected chi connectivity index (χ3v) is 7.54. The van der Waals surface area contributed by atoms with Crippen molar-refractivity contribution in [3.8, 4) is 17.3 Å². The van der Waals surface area contributed by atoms with Gasteiger partial charge in [0.05, 0.1) is 10.6 Å². The van der Waals surface area contributed by atoms with Crippen molar-refractivity contribution in [3.63, 3.8) is 0 Å². The first-order chi connectivity index (χ1) is 18.7. The van der Waals surface area contributed by atoms with Crippen LogP contribution in [0.3, 0.4) is 0 Å². The van der Waals surface area contributed by atoms with Crippen molar-refractivity contribution >= 4 is 21.6 Å². The Kier molecular flexibility index (Phi) is 7.09. The number of nitrogens with zero attached hydrogens (tertiary/aromatic N) is 4. The Morgan fingerprint density at radius 2 is 1.92 bits per heavy atom. The molecule has 0 radical (unpaired) electrons. The fourth-order valence-corrected chi connectivity index (χ4v) is 5.27. The highest BCUT2D eigenvalue weighted by Crippen LogP contribution is 2.36. The summed E-state index contributed by atoms with van der Waals surface area (Å²) in [5.74, 6) is -0.525. The smallest absolute Gasteiger partial charge is 0.272 e. The summed E-state index contributed by atoms with van der Waals surface area (Å²) in [4.78, 5) is 27.5. The van der Waals surface area contributed by atoms with Crippen LogP contribution in [0.5, 0.6) is 11.6 Å². The van der Waals surface area contributed by atoms with Crippen LogP contribution in [0.25, 0.3) is 5.69 Å². The van der Waals surface area contributed by atoms with Gasteiger partial charge < -0.3 is 10.1 Å². The molecule has 2 aromatic heterocycles. The fourth-order valence-electron chi connectivity index (χ4n) is 3.82. The molecule has 0 saturated heterocycles. The van der Waals surface area contributed by atoms with E-state index in [9.17, 15) is 23.3 Å². The lowest BCUT2D eigenvalue weighted by Gasteiger charge is -2.14. The quantitative estimate of drug-likeness (QED) is 0.224. The number of sulfonamides is 1. The van der Waals surface area contributed by atoms with Crippen LogP contribution in [0.4, 0.5) is 5.69 Å². The molecule has 12 nitrogen and oxygen atoms in total. The van der Waals surface area contributed by atoms with Crippen LogP contribution >= 0.6 is 0 Å². The summed E-state index contributed by atoms with van der Waals surface area (Å²) in [6, 6.07) is 15.6. The van der Waals surface area contributed by atoms with Crippen LogP contribution in [0.2, 0.25) is 0 Å². The maximum Gasteiger partial charge on any atom is 0.272 e. The number of non-ortho nitro benzene ring substituents is 1. The molecule has 2 heterocycles. The van der Waals surface area contributed by atoms with Gasteiger partial charge in [0.1, 0.15) is 10.6 Å². The van der Waals surface area contributed by atoms with Crippen molar-refractivity contribution in [1.29, 1.82) is 0 Å². The lowest BCUT2D eigenvalue weighted by Crippen LogP contribution is -2.26. The third-order valence-electron chi connectivity index (χ3n) is 5.99. The molecule has 1 aliphatic rings. The number of carbonyl (C=O) groups is 1. The maximum atomic E-state index is 13.1. The molecule has 0 aliphatic heterocycles. The second-order valence-corrected chi connectivity index (χ2v) is 10.6. The van der Waals surface area contributed by atoms with Gasteiger partial charge >= 0.3 is 0 Å². The highest BCUT2D eigenvalue weighted by Gasteiger charge is 2.32. The molecule has 1 amide bonds. The Bertz CT molecular complexity index is 1640. The summed E-state index contributed by atoms with van der Waals surface area (Å²) in [5.41, 5.74) is 1.37. The van der Waals surface area contributed by atoms with E-state index in [4.69, 9.17) is 4.74 Å². The molecule has 1 fully saturated rings. The molecule has 1 saturated carbocycles. The first-order valence-electron chi connectivity index (χ1n) is 12.0. The molecule has 1 aliphatic carbocycles. The lowest BCUT2D eigenvalue weighted by atomic mass is 10.2. The zero-order valence-corrected chi connectivity index (χ0v) is 21.6. The van der Waals surface area contributed by atoms with Crippen molar-refractivity contribution in [2.75, 3.05) is 0 Å². The number of hydrogen-bond donors (Lipinski definition) is 2. The molecular formula is C26H24N6O6S. The molecule has 13 heteroatoms. The zero-order chi connectivity index (χ0) is 27.6. The number of nitro groups is 1. The Morgan fingerprint density at radius 1 is 1.15 bits per heavy atom. The number of carbonyl (C=O) groups excluding carboxylic acids is 1. The van der Waals surface area contributed by atoms with E-state index >= 15 is 0 Å². The number of pyridine rings is 1. The van der Waals surface area contributed by atoms with Gasteiger partial charge in [0.25, 0.3) is 11.6 Å². The standard InChI is InChI=1S/C26H24N6O6S/c1-17-24(25(33)28-16-18-6-5-13-27-15-18)29-31(20-7-3-2-4-8-20)26(17)38-22-12-11-21(32(34)35)14-23(22)39(36,37)30-19-9-10-19/h2-8,11-15,19,30H,9-10,16H2,1H3,(H,28,33). The molecule has 39 heavy (non-hydrogen) atoms. The highest BCUT2D eigenvalue weighted by atomic mass is 32.2. The van der Waals surface area contributed by atoms with Crippen molar-refractivity contribution in [1.82, 2.24) is 24.8 Å². The van der Waals surface area contributed by atoms with Crippen LogP contribution in [0, 0.1) is 17.0 Å². The van der Waals surface area contributed by atoms with Gasteiger partial charge in [-0.05, 0) is 49.6 Å². The van der Waals surface area contributed by atoms with Crippen molar-refractivity contribution in [2.45, 2.75) is 37.2 Å². The van der Waals surface area contributed by atoms with Crippen molar-refractivity contribution < 1.29 is 22.9 Å². The number of hydrogen-bond acceptors (Lipinski definition) is 8. The van der Waals surface area contributed by atoms with Gasteiger partial charge in [-0.3, -0.25) is 19.9 Å². The van der Waals surface area contributed by atoms with E-state index in [0.29, 0.717) is 24.1 Å². The largest absolute Gasteiger partial charge is 0.437 e. The van der Waals surface area contributed by atoms with Gasteiger partial charge in [-0.2, -0.15) is 9.78 Å². The Morgan fingerprint density at radius 3 is 2.59 bits per heavy atom. The minimum atomic E-state index is -4.14. The van der Waals surface area contributed by atoms with E-state index < -0.39 is 26.5 Å². The zero-order valence-electron chi connectivity index (χ0n) is 20.8. The first-order valence-corrected chi connectivity index (χ1v) is 13.5. The first kappa shape index (κ1) is 26.0. The van der Waals surface area contributed by atoms with Gasteiger partial charge in [0, 0.05) is 42.7 Å². The van der Waals surface area contributed by atoms with Crippen LogP contribution in [0.15, 0.2) is 78.0 Å². The van der Waals surface area contributed by atoms with Gasteiger partial charge in [-0.15, -0.1) is 0 Å². The van der Waals surface area contributed by atoms with E-state index in [1.165, 1.54) is 10.7 Å². The average Bonchev–Trinajstić information content (AvgIpc) is 3.69. The highest BCUT2D eigenvalue weighted by molar-refractivity contribution is 7.89. The van der Waals surface area contributed by atoms with Crippen molar-refractivity contribution in [2.24, 2.45) is 0 Å². The minimum absolute atomic E-state index is 0.0696. The predicted molar refractivity (Wildman–Crippen MR) is 140 cm³/mol. The van der Waals surface area contributed by atoms with E-state index in [0.717, 1.165) is 17.7 Å². The number of nitro benzene ring substituents is 1. The van der Waals surface area contributed by atoms with Crippen LogP contribution in [0.1, 0.15) is 34.5 Å². The monoisotopic (exact) mass is 548 g/mol. The second kappa shape index (κ2) is 10.6. The Labute approximate surface area is 223 Å². The topological polar surface area (TPSA) is 158 Å². The minimum Gasteiger partial charge on any atom is -0.437 e. The van der Waals surface area contributed by atoms with E-state index in [1.807, 2.05) is 12.1 Å². The number of rotatable bonds is 10. The van der Waals surface area contributed by atoms with E-state index in [2.05, 4.69) is 20.1 Å². The summed E-state index contributed by atoms with van der Waals surface area (Å²) >= 11 is 0. The fraction of sp³-hybridized carbons (Fsp3) is 0.192. The van der Waals surface area contributed by atoms with Crippen LogP contribution in [-0.2, 0) is 16.6 Å². The molecule has 0 atom stereocenters. The SMILES string of the molecule is Cc1c(C(=O)NCc2cccnc2)nn(-c2ccccc2)c1Oc1ccc([N+](=O)[O-])cc1S(=O)(=O)NC1CC1. The average molecular weight is 549 g/mol. The molecule has 2 N–H and O–H groups in total. The van der Waals surface area contributed by atoms with E-state index in [1.54, 1.807) is 49.6 Å².